The highest BCUT2D eigenvalue weighted by atomic mass is 32.1. The zero-order valence-corrected chi connectivity index (χ0v) is 13.3. The normalized spacial score (nSPS) is 23.8. The molecule has 2 aromatic heterocycles. The number of carbonyl (C=O) groups is 1. The Morgan fingerprint density at radius 2 is 2.35 bits per heavy atom. The molecule has 1 fully saturated rings. The fourth-order valence-electron chi connectivity index (χ4n) is 2.48. The molecular formula is C16H19N3O3S. The Bertz CT molecular complexity index is 621. The minimum atomic E-state index is -0.657. The van der Waals surface area contributed by atoms with Crippen LogP contribution in [0.25, 0.3) is 0 Å². The lowest BCUT2D eigenvalue weighted by molar-refractivity contribution is 0.0399. The molecule has 7 heteroatoms. The van der Waals surface area contributed by atoms with Crippen LogP contribution in [0.15, 0.2) is 42.0 Å². The Balaban J connectivity index is 1.45. The molecule has 0 aliphatic carbocycles. The van der Waals surface area contributed by atoms with Crippen molar-refractivity contribution < 1.29 is 14.6 Å². The summed E-state index contributed by atoms with van der Waals surface area (Å²) in [5, 5.41) is 18.2. The Hall–Kier alpha value is -1.80. The van der Waals surface area contributed by atoms with Crippen molar-refractivity contribution in [3.8, 4) is 0 Å². The highest BCUT2D eigenvalue weighted by Gasteiger charge is 2.35. The summed E-state index contributed by atoms with van der Waals surface area (Å²) in [6.45, 7) is 1.33. The van der Waals surface area contributed by atoms with Crippen LogP contribution in [0.3, 0.4) is 0 Å². The van der Waals surface area contributed by atoms with Crippen molar-refractivity contribution in [1.82, 2.24) is 15.6 Å². The molecule has 3 heterocycles. The Kier molecular flexibility index (Phi) is 5.35. The largest absolute Gasteiger partial charge is 0.389 e. The zero-order chi connectivity index (χ0) is 16.1. The molecule has 0 bridgehead atoms. The van der Waals surface area contributed by atoms with Gasteiger partial charge in [0.05, 0.1) is 23.6 Å². The van der Waals surface area contributed by atoms with Gasteiger partial charge in [-0.25, -0.2) is 0 Å². The van der Waals surface area contributed by atoms with Crippen molar-refractivity contribution in [2.45, 2.75) is 24.8 Å². The number of aromatic nitrogens is 1. The maximum absolute atomic E-state index is 11.9. The summed E-state index contributed by atoms with van der Waals surface area (Å²) in [5.41, 5.74) is 1.05. The van der Waals surface area contributed by atoms with Gasteiger partial charge in [-0.3, -0.25) is 9.78 Å². The molecule has 3 rings (SSSR count). The summed E-state index contributed by atoms with van der Waals surface area (Å²) in [4.78, 5) is 16.6. The number of carbonyl (C=O) groups excluding carboxylic acids is 1. The third kappa shape index (κ3) is 4.14. The van der Waals surface area contributed by atoms with Crippen LogP contribution in [0.5, 0.6) is 0 Å². The van der Waals surface area contributed by atoms with Gasteiger partial charge in [0.1, 0.15) is 6.10 Å². The lowest BCUT2D eigenvalue weighted by atomic mass is 10.1. The number of aliphatic hydroxyl groups is 1. The fraction of sp³-hybridized carbons (Fsp3) is 0.375. The van der Waals surface area contributed by atoms with Crippen molar-refractivity contribution in [1.29, 1.82) is 0 Å². The van der Waals surface area contributed by atoms with Crippen LogP contribution < -0.4 is 10.6 Å². The Morgan fingerprint density at radius 1 is 1.43 bits per heavy atom. The molecule has 1 aliphatic rings. The van der Waals surface area contributed by atoms with Gasteiger partial charge >= 0.3 is 0 Å². The van der Waals surface area contributed by atoms with Gasteiger partial charge in [-0.2, -0.15) is 0 Å². The first kappa shape index (κ1) is 16.1. The predicted molar refractivity (Wildman–Crippen MR) is 87.3 cm³/mol. The van der Waals surface area contributed by atoms with E-state index in [1.165, 1.54) is 11.3 Å². The molecule has 2 aromatic rings. The lowest BCUT2D eigenvalue weighted by Gasteiger charge is -2.18. The second kappa shape index (κ2) is 7.65. The summed E-state index contributed by atoms with van der Waals surface area (Å²) < 4.78 is 5.59. The quantitative estimate of drug-likeness (QED) is 0.728. The average Bonchev–Trinajstić information content (AvgIpc) is 3.22. The standard InChI is InChI=1S/C16H19N3O3S/c20-15-12(18-8-11-3-1-5-17-7-11)10-22-13(15)9-19-16(21)14-4-2-6-23-14/h1-7,12-13,15,18,20H,8-10H2,(H,19,21)/t12-,13-,15+/m1/s1. The van der Waals surface area contributed by atoms with E-state index in [1.807, 2.05) is 23.6 Å². The van der Waals surface area contributed by atoms with Crippen LogP contribution in [0, 0.1) is 0 Å². The number of ether oxygens (including phenoxy) is 1. The van der Waals surface area contributed by atoms with Gasteiger partial charge in [0.2, 0.25) is 0 Å². The summed E-state index contributed by atoms with van der Waals surface area (Å²) in [5.74, 6) is -0.137. The molecule has 3 N–H and O–H groups in total. The number of pyridine rings is 1. The van der Waals surface area contributed by atoms with Gasteiger partial charge in [-0.15, -0.1) is 11.3 Å². The number of nitrogens with zero attached hydrogens (tertiary/aromatic N) is 1. The summed E-state index contributed by atoms with van der Waals surface area (Å²) in [6.07, 6.45) is 2.46. The minimum absolute atomic E-state index is 0.137. The van der Waals surface area contributed by atoms with Crippen molar-refractivity contribution in [2.75, 3.05) is 13.2 Å². The molecule has 122 valence electrons. The van der Waals surface area contributed by atoms with Crippen LogP contribution in [0.1, 0.15) is 15.2 Å². The van der Waals surface area contributed by atoms with Crippen LogP contribution >= 0.6 is 11.3 Å². The van der Waals surface area contributed by atoms with Crippen molar-refractivity contribution in [2.24, 2.45) is 0 Å². The number of rotatable bonds is 6. The van der Waals surface area contributed by atoms with Gasteiger partial charge in [-0.05, 0) is 23.1 Å². The van der Waals surface area contributed by atoms with E-state index in [0.717, 1.165) is 5.56 Å². The second-order valence-corrected chi connectivity index (χ2v) is 6.35. The number of hydrogen-bond acceptors (Lipinski definition) is 6. The Morgan fingerprint density at radius 3 is 3.09 bits per heavy atom. The highest BCUT2D eigenvalue weighted by Crippen LogP contribution is 2.15. The third-order valence-electron chi connectivity index (χ3n) is 3.78. The molecule has 0 spiro atoms. The molecule has 0 unspecified atom stereocenters. The van der Waals surface area contributed by atoms with E-state index in [-0.39, 0.29) is 11.9 Å². The molecule has 1 saturated heterocycles. The van der Waals surface area contributed by atoms with E-state index in [0.29, 0.717) is 24.6 Å². The van der Waals surface area contributed by atoms with Crippen LogP contribution in [-0.4, -0.2) is 47.4 Å². The number of hydrogen-bond donors (Lipinski definition) is 3. The molecule has 1 aliphatic heterocycles. The lowest BCUT2D eigenvalue weighted by Crippen LogP contribution is -2.44. The van der Waals surface area contributed by atoms with Gasteiger partial charge in [-0.1, -0.05) is 12.1 Å². The number of nitrogens with one attached hydrogen (secondary N) is 2. The maximum atomic E-state index is 11.9. The van der Waals surface area contributed by atoms with E-state index in [9.17, 15) is 9.90 Å². The first-order valence-corrected chi connectivity index (χ1v) is 8.35. The molecule has 3 atom stereocenters. The number of amides is 1. The molecule has 0 radical (unpaired) electrons. The average molecular weight is 333 g/mol. The van der Waals surface area contributed by atoms with Crippen LogP contribution in [-0.2, 0) is 11.3 Å². The van der Waals surface area contributed by atoms with E-state index in [1.54, 1.807) is 18.5 Å². The number of aliphatic hydroxyl groups excluding tert-OH is 1. The topological polar surface area (TPSA) is 83.5 Å². The molecule has 0 saturated carbocycles. The SMILES string of the molecule is O=C(NC[C@H]1OC[C@@H](NCc2cccnc2)[C@@H]1O)c1cccs1. The second-order valence-electron chi connectivity index (χ2n) is 5.40. The van der Waals surface area contributed by atoms with Crippen molar-refractivity contribution in [3.63, 3.8) is 0 Å². The highest BCUT2D eigenvalue weighted by molar-refractivity contribution is 7.12. The molecule has 23 heavy (non-hydrogen) atoms. The molecule has 0 aromatic carbocycles. The van der Waals surface area contributed by atoms with Crippen LogP contribution in [0.2, 0.25) is 0 Å². The number of thiophene rings is 1. The van der Waals surface area contributed by atoms with Crippen LogP contribution in [0.4, 0.5) is 0 Å². The summed E-state index contributed by atoms with van der Waals surface area (Å²) in [7, 11) is 0. The van der Waals surface area contributed by atoms with Gasteiger partial charge in [0.25, 0.3) is 5.91 Å². The summed E-state index contributed by atoms with van der Waals surface area (Å²) in [6, 6.07) is 7.30. The fourth-order valence-corrected chi connectivity index (χ4v) is 3.12. The van der Waals surface area contributed by atoms with E-state index < -0.39 is 12.2 Å². The predicted octanol–water partition coefficient (Wildman–Crippen LogP) is 0.791. The first-order valence-electron chi connectivity index (χ1n) is 7.47. The Labute approximate surface area is 138 Å². The molecule has 1 amide bonds. The maximum Gasteiger partial charge on any atom is 0.261 e. The zero-order valence-electron chi connectivity index (χ0n) is 12.5. The van der Waals surface area contributed by atoms with Crippen molar-refractivity contribution >= 4 is 17.2 Å². The van der Waals surface area contributed by atoms with Gasteiger partial charge < -0.3 is 20.5 Å². The molecular weight excluding hydrogens is 314 g/mol. The first-order chi connectivity index (χ1) is 11.2. The van der Waals surface area contributed by atoms with E-state index in [2.05, 4.69) is 15.6 Å². The van der Waals surface area contributed by atoms with E-state index in [4.69, 9.17) is 4.74 Å². The monoisotopic (exact) mass is 333 g/mol. The summed E-state index contributed by atoms with van der Waals surface area (Å²) >= 11 is 1.39. The third-order valence-corrected chi connectivity index (χ3v) is 4.65. The molecule has 6 nitrogen and oxygen atoms in total. The van der Waals surface area contributed by atoms with Gasteiger partial charge in [0, 0.05) is 25.5 Å². The van der Waals surface area contributed by atoms with E-state index >= 15 is 0 Å². The minimum Gasteiger partial charge on any atom is -0.389 e. The van der Waals surface area contributed by atoms with Gasteiger partial charge in [0.15, 0.2) is 0 Å². The smallest absolute Gasteiger partial charge is 0.261 e. The van der Waals surface area contributed by atoms with Crippen molar-refractivity contribution in [3.05, 3.63) is 52.5 Å².